The van der Waals surface area contributed by atoms with Crippen LogP contribution >= 0.6 is 34.4 Å². The van der Waals surface area contributed by atoms with Gasteiger partial charge in [-0.1, -0.05) is 17.8 Å². The Labute approximate surface area is 182 Å². The predicted octanol–water partition coefficient (Wildman–Crippen LogP) is 1.69. The van der Waals surface area contributed by atoms with Crippen LogP contribution in [0.15, 0.2) is 18.2 Å². The second-order valence-corrected chi connectivity index (χ2v) is 8.97. The Balaban J connectivity index is 1.90. The second kappa shape index (κ2) is 11.6. The maximum atomic E-state index is 12.6. The molecule has 0 aliphatic carbocycles. The molecule has 1 aliphatic rings. The Bertz CT molecular complexity index is 716. The molecular weight excluding hydrogens is 489 g/mol. The molecule has 0 unspecified atom stereocenters. The second-order valence-electron chi connectivity index (χ2n) is 6.71. The van der Waals surface area contributed by atoms with Crippen molar-refractivity contribution in [1.82, 2.24) is 10.6 Å². The smallest absolute Gasteiger partial charge is 0.243 e. The van der Waals surface area contributed by atoms with Crippen LogP contribution < -0.4 is 16.4 Å². The molecule has 0 spiro atoms. The first-order valence-corrected chi connectivity index (χ1v) is 11.4. The molecule has 2 atom stereocenters. The number of rotatable bonds is 10. The van der Waals surface area contributed by atoms with Crippen molar-refractivity contribution in [1.29, 1.82) is 0 Å². The van der Waals surface area contributed by atoms with E-state index in [1.807, 2.05) is 28.7 Å². The summed E-state index contributed by atoms with van der Waals surface area (Å²) in [5.41, 5.74) is 6.46. The van der Waals surface area contributed by atoms with Crippen LogP contribution in [0.5, 0.6) is 5.75 Å². The van der Waals surface area contributed by atoms with Gasteiger partial charge in [-0.15, -0.1) is 0 Å². The molecule has 28 heavy (non-hydrogen) atoms. The monoisotopic (exact) mass is 515 g/mol. The molecule has 1 aliphatic heterocycles. The molecule has 154 valence electrons. The van der Waals surface area contributed by atoms with Crippen molar-refractivity contribution in [3.63, 3.8) is 0 Å². The van der Waals surface area contributed by atoms with Crippen LogP contribution in [0.1, 0.15) is 37.7 Å². The number of carbonyl (C=O) groups is 3. The molecule has 0 saturated carbocycles. The van der Waals surface area contributed by atoms with Gasteiger partial charge in [-0.2, -0.15) is 0 Å². The number of unbranched alkanes of at least 4 members (excludes halogenated alkanes) is 1. The van der Waals surface area contributed by atoms with Gasteiger partial charge in [0, 0.05) is 12.2 Å². The molecule has 2 rings (SSSR count). The van der Waals surface area contributed by atoms with Gasteiger partial charge < -0.3 is 21.5 Å². The summed E-state index contributed by atoms with van der Waals surface area (Å²) in [6.45, 7) is 0.527. The highest BCUT2D eigenvalue weighted by Gasteiger charge is 2.29. The summed E-state index contributed by atoms with van der Waals surface area (Å²) in [7, 11) is 0. The first-order valence-electron chi connectivity index (χ1n) is 9.34. The van der Waals surface area contributed by atoms with E-state index in [9.17, 15) is 19.5 Å². The lowest BCUT2D eigenvalue weighted by atomic mass is 10.1. The van der Waals surface area contributed by atoms with E-state index in [0.29, 0.717) is 31.6 Å². The Hall–Kier alpha value is -1.33. The van der Waals surface area contributed by atoms with Crippen molar-refractivity contribution < 1.29 is 19.5 Å². The van der Waals surface area contributed by atoms with Crippen molar-refractivity contribution in [2.24, 2.45) is 5.73 Å². The third-order valence-corrected chi connectivity index (χ3v) is 6.38. The number of benzene rings is 1. The minimum atomic E-state index is -0.669. The maximum absolute atomic E-state index is 12.6. The normalized spacial score (nSPS) is 17.4. The lowest BCUT2D eigenvalue weighted by Gasteiger charge is -2.20. The zero-order valence-electron chi connectivity index (χ0n) is 15.6. The summed E-state index contributed by atoms with van der Waals surface area (Å²) in [4.78, 5) is 36.7. The summed E-state index contributed by atoms with van der Waals surface area (Å²) in [6, 6.07) is 4.08. The van der Waals surface area contributed by atoms with Crippen molar-refractivity contribution in [2.75, 3.05) is 12.3 Å². The SMILES string of the molecule is NCCCC[C@H](NC(=O)CCc1ccc(O)c([123I])c1)C(=O)N[C@H]1CCSC1=O. The number of nitrogens with two attached hydrogens (primary N) is 1. The lowest BCUT2D eigenvalue weighted by molar-refractivity contribution is -0.130. The van der Waals surface area contributed by atoms with E-state index in [1.165, 1.54) is 11.8 Å². The maximum Gasteiger partial charge on any atom is 0.243 e. The summed E-state index contributed by atoms with van der Waals surface area (Å²) < 4.78 is 0.730. The first kappa shape index (κ1) is 23.0. The molecular formula is C19H26IN3O4S. The fourth-order valence-electron chi connectivity index (χ4n) is 2.89. The molecule has 1 aromatic rings. The summed E-state index contributed by atoms with van der Waals surface area (Å²) in [5.74, 6) is 0.387. The standard InChI is InChI=1S/C19H26IN3O4S/c20-13-11-12(4-6-16(13)24)5-7-17(25)22-14(3-1-2-9-21)18(26)23-15-8-10-28-19(15)27/h4,6,11,14-15,24H,1-3,5,7-10,21H2,(H,22,25)(H,23,26)/t14-,15-/m0/s1/i20-4. The Morgan fingerprint density at radius 2 is 2.14 bits per heavy atom. The van der Waals surface area contributed by atoms with E-state index in [1.54, 1.807) is 12.1 Å². The topological polar surface area (TPSA) is 122 Å². The molecule has 9 heteroatoms. The highest BCUT2D eigenvalue weighted by Crippen LogP contribution is 2.21. The van der Waals surface area contributed by atoms with Crippen LogP contribution in [0.4, 0.5) is 0 Å². The number of thioether (sulfide) groups is 1. The number of halogens is 1. The third kappa shape index (κ3) is 7.25. The average molecular weight is 515 g/mol. The highest BCUT2D eigenvalue weighted by atomic mass is 123. The van der Waals surface area contributed by atoms with Crippen molar-refractivity contribution in [3.8, 4) is 5.75 Å². The van der Waals surface area contributed by atoms with Crippen LogP contribution in [0.2, 0.25) is 0 Å². The van der Waals surface area contributed by atoms with Crippen LogP contribution in [0, 0.1) is 3.57 Å². The van der Waals surface area contributed by atoms with Crippen molar-refractivity contribution >= 4 is 51.3 Å². The fourth-order valence-corrected chi connectivity index (χ4v) is 4.40. The Morgan fingerprint density at radius 3 is 2.79 bits per heavy atom. The quantitative estimate of drug-likeness (QED) is 0.278. The minimum Gasteiger partial charge on any atom is -0.507 e. The zero-order valence-corrected chi connectivity index (χ0v) is 18.6. The van der Waals surface area contributed by atoms with Crippen LogP contribution in [0.3, 0.4) is 0 Å². The van der Waals surface area contributed by atoms with Gasteiger partial charge in [0.15, 0.2) is 0 Å². The predicted molar refractivity (Wildman–Crippen MR) is 118 cm³/mol. The van der Waals surface area contributed by atoms with Gasteiger partial charge in [0.05, 0.1) is 9.61 Å². The fraction of sp³-hybridized carbons (Fsp3) is 0.526. The minimum absolute atomic E-state index is 0.0256. The van der Waals surface area contributed by atoms with E-state index in [0.717, 1.165) is 22.0 Å². The molecule has 0 bridgehead atoms. The number of aryl methyl sites for hydroxylation is 1. The van der Waals surface area contributed by atoms with Crippen LogP contribution in [-0.4, -0.2) is 46.4 Å². The number of carbonyl (C=O) groups excluding carboxylic acids is 3. The molecule has 0 radical (unpaired) electrons. The first-order chi connectivity index (χ1) is 13.4. The molecule has 2 amide bonds. The molecule has 1 fully saturated rings. The van der Waals surface area contributed by atoms with E-state index >= 15 is 0 Å². The number of phenols is 1. The summed E-state index contributed by atoms with van der Waals surface area (Å²) in [6.07, 6.45) is 3.34. The van der Waals surface area contributed by atoms with E-state index in [-0.39, 0.29) is 29.1 Å². The lowest BCUT2D eigenvalue weighted by Crippen LogP contribution is -2.50. The van der Waals surface area contributed by atoms with Crippen molar-refractivity contribution in [2.45, 2.75) is 50.6 Å². The third-order valence-electron chi connectivity index (χ3n) is 4.50. The number of phenolic OH excluding ortho intramolecular Hbond substituents is 1. The Kier molecular flexibility index (Phi) is 9.52. The summed E-state index contributed by atoms with van der Waals surface area (Å²) >= 11 is 3.26. The van der Waals surface area contributed by atoms with Gasteiger partial charge in [0.2, 0.25) is 16.9 Å². The van der Waals surface area contributed by atoms with E-state index in [4.69, 9.17) is 5.73 Å². The zero-order chi connectivity index (χ0) is 20.5. The van der Waals surface area contributed by atoms with E-state index in [2.05, 4.69) is 10.6 Å². The number of nitrogens with one attached hydrogen (secondary N) is 2. The molecule has 1 heterocycles. The highest BCUT2D eigenvalue weighted by molar-refractivity contribution is 14.1. The van der Waals surface area contributed by atoms with Gasteiger partial charge >= 0.3 is 0 Å². The number of amides is 2. The average Bonchev–Trinajstić information content (AvgIpc) is 3.06. The summed E-state index contributed by atoms with van der Waals surface area (Å²) in [5, 5.41) is 15.1. The van der Waals surface area contributed by atoms with Crippen molar-refractivity contribution in [3.05, 3.63) is 27.3 Å². The number of aromatic hydroxyl groups is 1. The van der Waals surface area contributed by atoms with Gasteiger partial charge in [0.25, 0.3) is 0 Å². The number of hydrogen-bond acceptors (Lipinski definition) is 6. The van der Waals surface area contributed by atoms with Gasteiger partial charge in [0.1, 0.15) is 11.8 Å². The van der Waals surface area contributed by atoms with Crippen LogP contribution in [0.25, 0.3) is 0 Å². The van der Waals surface area contributed by atoms with Crippen LogP contribution in [-0.2, 0) is 20.8 Å². The molecule has 7 nitrogen and oxygen atoms in total. The molecule has 0 aromatic heterocycles. The molecule has 1 saturated heterocycles. The van der Waals surface area contributed by atoms with Gasteiger partial charge in [-0.25, -0.2) is 0 Å². The largest absolute Gasteiger partial charge is 0.507 e. The van der Waals surface area contributed by atoms with E-state index < -0.39 is 12.1 Å². The van der Waals surface area contributed by atoms with Gasteiger partial charge in [-0.3, -0.25) is 14.4 Å². The van der Waals surface area contributed by atoms with Gasteiger partial charge in [-0.05, 0) is 78.9 Å². The molecule has 1 aromatic carbocycles. The number of hydrogen-bond donors (Lipinski definition) is 4. The molecule has 5 N–H and O–H groups in total. The Morgan fingerprint density at radius 1 is 1.36 bits per heavy atom.